The van der Waals surface area contributed by atoms with E-state index in [9.17, 15) is 9.59 Å². The van der Waals surface area contributed by atoms with E-state index >= 15 is 0 Å². The third-order valence-electron chi connectivity index (χ3n) is 5.63. The van der Waals surface area contributed by atoms with Crippen LogP contribution in [0.4, 0.5) is 10.7 Å². The van der Waals surface area contributed by atoms with E-state index in [0.29, 0.717) is 40.4 Å². The zero-order valence-corrected chi connectivity index (χ0v) is 20.6. The average molecular weight is 498 g/mol. The van der Waals surface area contributed by atoms with Crippen molar-refractivity contribution < 1.29 is 19.1 Å². The Morgan fingerprint density at radius 2 is 1.83 bits per heavy atom. The third-order valence-corrected chi connectivity index (χ3v) is 5.88. The predicted octanol–water partition coefficient (Wildman–Crippen LogP) is 4.34. The zero-order valence-electron chi connectivity index (χ0n) is 19.9. The van der Waals surface area contributed by atoms with Gasteiger partial charge in [-0.3, -0.25) is 14.7 Å². The Kier molecular flexibility index (Phi) is 7.45. The fourth-order valence-corrected chi connectivity index (χ4v) is 3.85. The van der Waals surface area contributed by atoms with Gasteiger partial charge in [-0.25, -0.2) is 9.78 Å². The number of amides is 3. The SMILES string of the molecule is CCNC(=O)N(CC(=O)Nc1nc(-c2ccc(Cl)cc2)cn1-c1ccc(OC)c(OC)c1)C1CC1. The van der Waals surface area contributed by atoms with Crippen molar-refractivity contribution in [3.05, 3.63) is 53.7 Å². The first-order chi connectivity index (χ1) is 16.9. The molecule has 1 heterocycles. The smallest absolute Gasteiger partial charge is 0.318 e. The molecule has 10 heteroatoms. The third kappa shape index (κ3) is 5.68. The second-order valence-corrected chi connectivity index (χ2v) is 8.55. The van der Waals surface area contributed by atoms with Crippen molar-refractivity contribution in [1.82, 2.24) is 19.8 Å². The lowest BCUT2D eigenvalue weighted by Gasteiger charge is -2.22. The Morgan fingerprint density at radius 1 is 1.11 bits per heavy atom. The van der Waals surface area contributed by atoms with Crippen molar-refractivity contribution in [2.24, 2.45) is 0 Å². The van der Waals surface area contributed by atoms with E-state index in [1.165, 1.54) is 0 Å². The number of hydrogen-bond donors (Lipinski definition) is 2. The number of aromatic nitrogens is 2. The van der Waals surface area contributed by atoms with Crippen LogP contribution in [0.5, 0.6) is 11.5 Å². The number of nitrogens with one attached hydrogen (secondary N) is 2. The summed E-state index contributed by atoms with van der Waals surface area (Å²) in [6.45, 7) is 2.28. The van der Waals surface area contributed by atoms with Gasteiger partial charge in [-0.05, 0) is 44.0 Å². The van der Waals surface area contributed by atoms with Crippen LogP contribution in [0.3, 0.4) is 0 Å². The van der Waals surface area contributed by atoms with Crippen molar-refractivity contribution in [3.8, 4) is 28.4 Å². The number of carbonyl (C=O) groups is 2. The molecule has 1 saturated carbocycles. The quantitative estimate of drug-likeness (QED) is 0.458. The van der Waals surface area contributed by atoms with E-state index in [2.05, 4.69) is 15.6 Å². The molecule has 3 aromatic rings. The highest BCUT2D eigenvalue weighted by molar-refractivity contribution is 6.30. The number of imidazole rings is 1. The molecule has 184 valence electrons. The Bertz CT molecular complexity index is 1210. The second-order valence-electron chi connectivity index (χ2n) is 8.11. The molecule has 2 N–H and O–H groups in total. The number of methoxy groups -OCH3 is 2. The lowest BCUT2D eigenvalue weighted by molar-refractivity contribution is -0.116. The Hall–Kier alpha value is -3.72. The second kappa shape index (κ2) is 10.7. The van der Waals surface area contributed by atoms with Crippen LogP contribution in [-0.4, -0.2) is 59.7 Å². The van der Waals surface area contributed by atoms with E-state index in [-0.39, 0.29) is 24.5 Å². The number of ether oxygens (including phenoxy) is 2. The first-order valence-corrected chi connectivity index (χ1v) is 11.7. The van der Waals surface area contributed by atoms with Crippen LogP contribution in [0, 0.1) is 0 Å². The number of halogens is 1. The summed E-state index contributed by atoms with van der Waals surface area (Å²) in [5, 5.41) is 6.27. The molecular formula is C25H28ClN5O4. The summed E-state index contributed by atoms with van der Waals surface area (Å²) in [6.07, 6.45) is 3.61. The minimum atomic E-state index is -0.335. The summed E-state index contributed by atoms with van der Waals surface area (Å²) in [7, 11) is 3.13. The summed E-state index contributed by atoms with van der Waals surface area (Å²) < 4.78 is 12.6. The number of urea groups is 1. The van der Waals surface area contributed by atoms with Crippen molar-refractivity contribution in [1.29, 1.82) is 0 Å². The van der Waals surface area contributed by atoms with Gasteiger partial charge in [0.25, 0.3) is 0 Å². The van der Waals surface area contributed by atoms with Gasteiger partial charge in [0.05, 0.1) is 25.6 Å². The van der Waals surface area contributed by atoms with Gasteiger partial charge in [-0.15, -0.1) is 0 Å². The molecular weight excluding hydrogens is 470 g/mol. The van der Waals surface area contributed by atoms with Gasteiger partial charge < -0.3 is 19.7 Å². The van der Waals surface area contributed by atoms with Gasteiger partial charge in [0, 0.05) is 35.4 Å². The summed E-state index contributed by atoms with van der Waals surface area (Å²) in [5.74, 6) is 1.11. The topological polar surface area (TPSA) is 97.7 Å². The highest BCUT2D eigenvalue weighted by Gasteiger charge is 2.34. The van der Waals surface area contributed by atoms with Crippen molar-refractivity contribution in [3.63, 3.8) is 0 Å². The largest absolute Gasteiger partial charge is 0.493 e. The lowest BCUT2D eigenvalue weighted by Crippen LogP contribution is -2.45. The van der Waals surface area contributed by atoms with Crippen molar-refractivity contribution >= 4 is 29.5 Å². The molecule has 2 aromatic carbocycles. The van der Waals surface area contributed by atoms with Crippen molar-refractivity contribution in [2.45, 2.75) is 25.8 Å². The molecule has 0 radical (unpaired) electrons. The molecule has 4 rings (SSSR count). The predicted molar refractivity (Wildman–Crippen MR) is 135 cm³/mol. The van der Waals surface area contributed by atoms with Crippen LogP contribution >= 0.6 is 11.6 Å². The van der Waals surface area contributed by atoms with E-state index in [1.54, 1.807) is 48.0 Å². The first kappa shape index (κ1) is 24.4. The molecule has 1 aliphatic carbocycles. The summed E-state index contributed by atoms with van der Waals surface area (Å²) >= 11 is 6.04. The van der Waals surface area contributed by atoms with Gasteiger partial charge in [0.15, 0.2) is 11.5 Å². The molecule has 1 fully saturated rings. The van der Waals surface area contributed by atoms with Crippen LogP contribution < -0.4 is 20.1 Å². The molecule has 1 aromatic heterocycles. The van der Waals surface area contributed by atoms with Gasteiger partial charge in [-0.1, -0.05) is 23.7 Å². The molecule has 9 nitrogen and oxygen atoms in total. The number of benzene rings is 2. The summed E-state index contributed by atoms with van der Waals surface area (Å²) in [4.78, 5) is 31.7. The zero-order chi connectivity index (χ0) is 24.9. The Labute approximate surface area is 209 Å². The maximum absolute atomic E-state index is 13.0. The number of hydrogen-bond acceptors (Lipinski definition) is 5. The van der Waals surface area contributed by atoms with Gasteiger partial charge in [-0.2, -0.15) is 0 Å². The maximum Gasteiger partial charge on any atom is 0.318 e. The standard InChI is InChI=1S/C25H28ClN5O4/c1-4-27-25(33)31(18-9-10-18)15-23(32)29-24-28-20(16-5-7-17(26)8-6-16)14-30(24)19-11-12-21(34-2)22(13-19)35-3/h5-8,11-14,18H,4,9-10,15H2,1-3H3,(H,27,33)(H,28,29,32). The summed E-state index contributed by atoms with van der Waals surface area (Å²) in [6, 6.07) is 12.6. The normalized spacial score (nSPS) is 12.7. The number of anilines is 1. The monoisotopic (exact) mass is 497 g/mol. The lowest BCUT2D eigenvalue weighted by atomic mass is 10.2. The fraction of sp³-hybridized carbons (Fsp3) is 0.320. The molecule has 0 atom stereocenters. The molecule has 1 aliphatic rings. The van der Waals surface area contributed by atoms with E-state index in [4.69, 9.17) is 21.1 Å². The van der Waals surface area contributed by atoms with Crippen LogP contribution in [0.15, 0.2) is 48.7 Å². The molecule has 35 heavy (non-hydrogen) atoms. The minimum Gasteiger partial charge on any atom is -0.493 e. The van der Waals surface area contributed by atoms with Gasteiger partial charge in [0.1, 0.15) is 6.54 Å². The number of carbonyl (C=O) groups excluding carboxylic acids is 2. The molecule has 0 unspecified atom stereocenters. The van der Waals surface area contributed by atoms with Crippen LogP contribution in [-0.2, 0) is 4.79 Å². The Morgan fingerprint density at radius 3 is 2.46 bits per heavy atom. The van der Waals surface area contributed by atoms with E-state index in [0.717, 1.165) is 18.4 Å². The first-order valence-electron chi connectivity index (χ1n) is 11.4. The van der Waals surface area contributed by atoms with E-state index in [1.807, 2.05) is 31.3 Å². The number of rotatable bonds is 9. The highest BCUT2D eigenvalue weighted by Crippen LogP contribution is 2.32. The van der Waals surface area contributed by atoms with Crippen molar-refractivity contribution in [2.75, 3.05) is 32.6 Å². The molecule has 0 saturated heterocycles. The average Bonchev–Trinajstić information content (AvgIpc) is 3.62. The van der Waals surface area contributed by atoms with Crippen LogP contribution in [0.1, 0.15) is 19.8 Å². The van der Waals surface area contributed by atoms with Gasteiger partial charge >= 0.3 is 6.03 Å². The minimum absolute atomic E-state index is 0.0639. The van der Waals surface area contributed by atoms with Gasteiger partial charge in [0.2, 0.25) is 11.9 Å². The molecule has 0 aliphatic heterocycles. The Balaban J connectivity index is 1.66. The summed E-state index contributed by atoms with van der Waals surface area (Å²) in [5.41, 5.74) is 2.20. The van der Waals surface area contributed by atoms with E-state index < -0.39 is 0 Å². The fourth-order valence-electron chi connectivity index (χ4n) is 3.72. The molecule has 0 bridgehead atoms. The van der Waals surface area contributed by atoms with Crippen LogP contribution in [0.2, 0.25) is 5.02 Å². The van der Waals surface area contributed by atoms with Crippen LogP contribution in [0.25, 0.3) is 16.9 Å². The maximum atomic E-state index is 13.0. The molecule has 0 spiro atoms. The highest BCUT2D eigenvalue weighted by atomic mass is 35.5. The number of nitrogens with zero attached hydrogens (tertiary/aromatic N) is 3. The molecule has 3 amide bonds.